The van der Waals surface area contributed by atoms with Gasteiger partial charge >= 0.3 is 0 Å². The maximum Gasteiger partial charge on any atom is 0.0364 e. The number of nitrogens with two attached hydrogens (primary N) is 1. The molecule has 18 heavy (non-hydrogen) atoms. The minimum absolute atomic E-state index is 0.264. The third kappa shape index (κ3) is 4.91. The van der Waals surface area contributed by atoms with Crippen LogP contribution in [0.2, 0.25) is 0 Å². The summed E-state index contributed by atoms with van der Waals surface area (Å²) in [5, 5.41) is 0. The Balaban J connectivity index is 2.63. The smallest absolute Gasteiger partial charge is 0.0364 e. The maximum absolute atomic E-state index is 5.66. The van der Waals surface area contributed by atoms with Crippen LogP contribution >= 0.6 is 11.8 Å². The van der Waals surface area contributed by atoms with Crippen molar-refractivity contribution in [3.63, 3.8) is 0 Å². The Morgan fingerprint density at radius 2 is 1.83 bits per heavy atom. The first-order valence-corrected chi connectivity index (χ1v) is 7.61. The van der Waals surface area contributed by atoms with Gasteiger partial charge in [0.2, 0.25) is 0 Å². The van der Waals surface area contributed by atoms with Crippen molar-refractivity contribution in [2.75, 3.05) is 30.8 Å². The summed E-state index contributed by atoms with van der Waals surface area (Å²) in [5.74, 6) is 1.12. The van der Waals surface area contributed by atoms with Crippen molar-refractivity contribution < 1.29 is 0 Å². The van der Waals surface area contributed by atoms with Gasteiger partial charge in [-0.25, -0.2) is 0 Å². The van der Waals surface area contributed by atoms with Crippen LogP contribution in [0.15, 0.2) is 29.2 Å². The van der Waals surface area contributed by atoms with Crippen LogP contribution in [-0.2, 0) is 0 Å². The molecule has 1 aromatic carbocycles. The van der Waals surface area contributed by atoms with Gasteiger partial charge in [-0.05, 0) is 48.4 Å². The summed E-state index contributed by atoms with van der Waals surface area (Å²) >= 11 is 1.88. The Hall–Kier alpha value is -0.670. The summed E-state index contributed by atoms with van der Waals surface area (Å²) in [7, 11) is 2.15. The highest BCUT2D eigenvalue weighted by atomic mass is 32.2. The van der Waals surface area contributed by atoms with E-state index in [1.54, 1.807) is 0 Å². The van der Waals surface area contributed by atoms with Crippen molar-refractivity contribution in [3.05, 3.63) is 24.3 Å². The second kappa shape index (κ2) is 7.05. The Morgan fingerprint density at radius 1 is 1.22 bits per heavy atom. The highest BCUT2D eigenvalue weighted by molar-refractivity contribution is 7.99. The van der Waals surface area contributed by atoms with Gasteiger partial charge in [0.05, 0.1) is 0 Å². The van der Waals surface area contributed by atoms with Gasteiger partial charge in [0, 0.05) is 24.2 Å². The van der Waals surface area contributed by atoms with E-state index in [-0.39, 0.29) is 5.41 Å². The largest absolute Gasteiger partial charge is 0.374 e. The number of hydrogen-bond acceptors (Lipinski definition) is 3. The second-order valence-electron chi connectivity index (χ2n) is 5.49. The zero-order valence-corrected chi connectivity index (χ0v) is 12.9. The van der Waals surface area contributed by atoms with E-state index >= 15 is 0 Å². The zero-order valence-electron chi connectivity index (χ0n) is 12.1. The second-order valence-corrected chi connectivity index (χ2v) is 6.82. The molecule has 0 amide bonds. The molecule has 0 spiro atoms. The average molecular weight is 266 g/mol. The molecule has 2 N–H and O–H groups in total. The van der Waals surface area contributed by atoms with Crippen molar-refractivity contribution in [2.24, 2.45) is 11.1 Å². The van der Waals surface area contributed by atoms with Crippen molar-refractivity contribution in [1.29, 1.82) is 0 Å². The molecule has 1 aromatic rings. The van der Waals surface area contributed by atoms with Gasteiger partial charge in [-0.3, -0.25) is 0 Å². The number of hydrogen-bond donors (Lipinski definition) is 1. The monoisotopic (exact) mass is 266 g/mol. The van der Waals surface area contributed by atoms with Crippen LogP contribution in [0.4, 0.5) is 5.69 Å². The SMILES string of the molecule is CCSc1ccc(N(C)CC(C)(C)CCN)cc1. The molecule has 0 aliphatic rings. The number of benzene rings is 1. The van der Waals surface area contributed by atoms with E-state index in [2.05, 4.69) is 57.0 Å². The molecule has 0 radical (unpaired) electrons. The molecule has 0 saturated heterocycles. The highest BCUT2D eigenvalue weighted by Crippen LogP contribution is 2.26. The molecule has 1 rings (SSSR count). The summed E-state index contributed by atoms with van der Waals surface area (Å²) < 4.78 is 0. The molecule has 0 fully saturated rings. The molecular formula is C15H26N2S. The van der Waals surface area contributed by atoms with Crippen LogP contribution in [0.3, 0.4) is 0 Å². The molecule has 3 heteroatoms. The minimum Gasteiger partial charge on any atom is -0.374 e. The van der Waals surface area contributed by atoms with Gasteiger partial charge in [-0.15, -0.1) is 11.8 Å². The van der Waals surface area contributed by atoms with Crippen molar-refractivity contribution in [2.45, 2.75) is 32.1 Å². The first-order valence-electron chi connectivity index (χ1n) is 6.62. The maximum atomic E-state index is 5.66. The Bertz CT molecular complexity index is 346. The number of anilines is 1. The van der Waals surface area contributed by atoms with E-state index < -0.39 is 0 Å². The molecule has 0 aliphatic heterocycles. The molecule has 0 aromatic heterocycles. The molecule has 0 unspecified atom stereocenters. The topological polar surface area (TPSA) is 29.3 Å². The summed E-state index contributed by atoms with van der Waals surface area (Å²) in [5.41, 5.74) is 7.20. The Kier molecular flexibility index (Phi) is 6.03. The van der Waals surface area contributed by atoms with Crippen molar-refractivity contribution in [3.8, 4) is 0 Å². The number of thioether (sulfide) groups is 1. The zero-order chi connectivity index (χ0) is 13.6. The first-order chi connectivity index (χ1) is 8.48. The van der Waals surface area contributed by atoms with Gasteiger partial charge in [0.25, 0.3) is 0 Å². The van der Waals surface area contributed by atoms with E-state index in [0.717, 1.165) is 25.3 Å². The van der Waals surface area contributed by atoms with Crippen molar-refractivity contribution in [1.82, 2.24) is 0 Å². The molecule has 102 valence electrons. The third-order valence-electron chi connectivity index (χ3n) is 3.07. The van der Waals surface area contributed by atoms with E-state index in [9.17, 15) is 0 Å². The fraction of sp³-hybridized carbons (Fsp3) is 0.600. The lowest BCUT2D eigenvalue weighted by Crippen LogP contribution is -2.32. The molecule has 0 aliphatic carbocycles. The summed E-state index contributed by atoms with van der Waals surface area (Å²) in [6.07, 6.45) is 1.06. The van der Waals surface area contributed by atoms with Gasteiger partial charge in [0.15, 0.2) is 0 Å². The van der Waals surface area contributed by atoms with E-state index in [1.165, 1.54) is 10.6 Å². The Labute approximate surface area is 116 Å². The first kappa shape index (κ1) is 15.4. The van der Waals surface area contributed by atoms with Crippen LogP contribution in [-0.4, -0.2) is 25.9 Å². The van der Waals surface area contributed by atoms with E-state index in [4.69, 9.17) is 5.73 Å². The summed E-state index contributed by atoms with van der Waals surface area (Å²) in [4.78, 5) is 3.66. The predicted octanol–water partition coefficient (Wildman–Crippen LogP) is 3.61. The number of rotatable bonds is 7. The standard InChI is InChI=1S/C15H26N2S/c1-5-18-14-8-6-13(7-9-14)17(4)12-15(2,3)10-11-16/h6-9H,5,10-12,16H2,1-4H3. The molecular weight excluding hydrogens is 240 g/mol. The van der Waals surface area contributed by atoms with Crippen LogP contribution in [0.25, 0.3) is 0 Å². The highest BCUT2D eigenvalue weighted by Gasteiger charge is 2.19. The fourth-order valence-corrected chi connectivity index (χ4v) is 2.83. The van der Waals surface area contributed by atoms with Gasteiger partial charge < -0.3 is 10.6 Å². The molecule has 0 atom stereocenters. The van der Waals surface area contributed by atoms with Gasteiger partial charge in [-0.1, -0.05) is 20.8 Å². The molecule has 0 bridgehead atoms. The normalized spacial score (nSPS) is 11.6. The molecule has 0 saturated carbocycles. The van der Waals surface area contributed by atoms with Crippen LogP contribution in [0.1, 0.15) is 27.2 Å². The van der Waals surface area contributed by atoms with Crippen LogP contribution in [0.5, 0.6) is 0 Å². The quantitative estimate of drug-likeness (QED) is 0.764. The molecule has 0 heterocycles. The van der Waals surface area contributed by atoms with Crippen molar-refractivity contribution >= 4 is 17.4 Å². The van der Waals surface area contributed by atoms with E-state index in [0.29, 0.717) is 0 Å². The average Bonchev–Trinajstić information content (AvgIpc) is 2.29. The lowest BCUT2D eigenvalue weighted by atomic mass is 9.89. The van der Waals surface area contributed by atoms with Gasteiger partial charge in [0.1, 0.15) is 0 Å². The lowest BCUT2D eigenvalue weighted by Gasteiger charge is -2.31. The lowest BCUT2D eigenvalue weighted by molar-refractivity contribution is 0.347. The van der Waals surface area contributed by atoms with Crippen LogP contribution in [0, 0.1) is 5.41 Å². The molecule has 2 nitrogen and oxygen atoms in total. The predicted molar refractivity (Wildman–Crippen MR) is 83.6 cm³/mol. The van der Waals surface area contributed by atoms with E-state index in [1.807, 2.05) is 11.8 Å². The summed E-state index contributed by atoms with van der Waals surface area (Å²) in [6, 6.07) is 8.82. The van der Waals surface area contributed by atoms with Crippen LogP contribution < -0.4 is 10.6 Å². The summed E-state index contributed by atoms with van der Waals surface area (Å²) in [6.45, 7) is 8.52. The minimum atomic E-state index is 0.264. The number of nitrogens with zero attached hydrogens (tertiary/aromatic N) is 1. The Morgan fingerprint density at radius 3 is 2.33 bits per heavy atom. The fourth-order valence-electron chi connectivity index (χ4n) is 2.17. The third-order valence-corrected chi connectivity index (χ3v) is 3.97. The van der Waals surface area contributed by atoms with Gasteiger partial charge in [-0.2, -0.15) is 0 Å².